The predicted molar refractivity (Wildman–Crippen MR) is 163 cm³/mol. The second-order valence-electron chi connectivity index (χ2n) is 6.88. The molecule has 5 N–H and O–H groups in total. The van der Waals surface area contributed by atoms with Crippen molar-refractivity contribution in [3.8, 4) is 0 Å². The average Bonchev–Trinajstić information content (AvgIpc) is 2.93. The summed E-state index contributed by atoms with van der Waals surface area (Å²) in [6.45, 7) is 15.5. The first-order valence-corrected chi connectivity index (χ1v) is 15.1. The van der Waals surface area contributed by atoms with Crippen molar-refractivity contribution in [3.63, 3.8) is 0 Å². The third-order valence-electron chi connectivity index (χ3n) is 4.00. The summed E-state index contributed by atoms with van der Waals surface area (Å²) in [5.41, 5.74) is 6.68. The minimum absolute atomic E-state index is 0.0349. The van der Waals surface area contributed by atoms with Gasteiger partial charge in [0.05, 0.1) is 6.61 Å². The molecule has 7 nitrogen and oxygen atoms in total. The molecule has 0 radical (unpaired) electrons. The van der Waals surface area contributed by atoms with Crippen molar-refractivity contribution in [2.45, 2.75) is 79.9 Å². The van der Waals surface area contributed by atoms with Crippen molar-refractivity contribution in [1.82, 2.24) is 10.6 Å². The molecular weight excluding hydrogens is 494 g/mol. The number of benzene rings is 1. The van der Waals surface area contributed by atoms with E-state index in [1.165, 1.54) is 18.6 Å². The van der Waals surface area contributed by atoms with Crippen LogP contribution in [0.1, 0.15) is 66.9 Å². The van der Waals surface area contributed by atoms with E-state index in [0.717, 1.165) is 5.56 Å². The van der Waals surface area contributed by atoms with Crippen LogP contribution in [0.15, 0.2) is 30.3 Å². The van der Waals surface area contributed by atoms with E-state index >= 15 is 0 Å². The highest BCUT2D eigenvalue weighted by atomic mass is 32.2. The molecule has 2 atom stereocenters. The molecule has 1 aromatic carbocycles. The number of hydrogen-bond acceptors (Lipinski definition) is 7. The minimum atomic E-state index is -1.09. The average molecular weight is 550 g/mol. The van der Waals surface area contributed by atoms with Crippen LogP contribution in [-0.2, 0) is 20.7 Å². The van der Waals surface area contributed by atoms with Gasteiger partial charge in [-0.05, 0) is 17.6 Å². The first-order valence-electron chi connectivity index (χ1n) is 13.1. The molecule has 0 aliphatic carbocycles. The van der Waals surface area contributed by atoms with Gasteiger partial charge in [0.25, 0.3) is 0 Å². The lowest BCUT2D eigenvalue weighted by atomic mass is 10.1. The normalized spacial score (nSPS) is 10.8. The van der Waals surface area contributed by atoms with Crippen LogP contribution in [0.3, 0.4) is 0 Å². The van der Waals surface area contributed by atoms with E-state index in [0.29, 0.717) is 31.9 Å². The Labute approximate surface area is 231 Å². The van der Waals surface area contributed by atoms with Crippen molar-refractivity contribution in [2.75, 3.05) is 44.0 Å². The standard InChI is InChI=1S/C16H25N3O4S.C4H10.C3H8S.2C2H6/c17-13(11-24)9-18-6-7-23-14(16(22)19-10-15(20)21)8-12-4-2-1-3-5-12;2*1-3-4-2;2*1-2/h1-5,13-14,18,24H,6-11,17H2,(H,19,22)(H,20,21);3-4H2,1-2H3;3H2,1-2H3;2*1-2H3. The van der Waals surface area contributed by atoms with Crippen LogP contribution in [0.4, 0.5) is 0 Å². The minimum Gasteiger partial charge on any atom is -0.480 e. The lowest BCUT2D eigenvalue weighted by molar-refractivity contribution is -0.140. The number of aliphatic carboxylic acids is 1. The number of carbonyl (C=O) groups excluding carboxylic acids is 1. The summed E-state index contributed by atoms with van der Waals surface area (Å²) >= 11 is 5.95. The molecule has 0 saturated heterocycles. The number of carboxylic acids is 1. The van der Waals surface area contributed by atoms with Gasteiger partial charge in [0.1, 0.15) is 12.6 Å². The third-order valence-corrected chi connectivity index (χ3v) is 5.04. The summed E-state index contributed by atoms with van der Waals surface area (Å²) in [6, 6.07) is 9.39. The highest BCUT2D eigenvalue weighted by molar-refractivity contribution is 7.98. The molecule has 0 heterocycles. The van der Waals surface area contributed by atoms with Crippen LogP contribution >= 0.6 is 24.4 Å². The summed E-state index contributed by atoms with van der Waals surface area (Å²) in [4.78, 5) is 22.7. The van der Waals surface area contributed by atoms with Crippen molar-refractivity contribution < 1.29 is 19.4 Å². The summed E-state index contributed by atoms with van der Waals surface area (Å²) in [7, 11) is 0. The third kappa shape index (κ3) is 32.7. The van der Waals surface area contributed by atoms with E-state index in [1.807, 2.05) is 69.8 Å². The van der Waals surface area contributed by atoms with Crippen LogP contribution in [0.2, 0.25) is 0 Å². The van der Waals surface area contributed by atoms with Crippen LogP contribution < -0.4 is 16.4 Å². The molecule has 0 bridgehead atoms. The van der Waals surface area contributed by atoms with Gasteiger partial charge in [-0.15, -0.1) is 0 Å². The van der Waals surface area contributed by atoms with Gasteiger partial charge in [-0.25, -0.2) is 0 Å². The van der Waals surface area contributed by atoms with Crippen molar-refractivity contribution >= 4 is 36.3 Å². The van der Waals surface area contributed by atoms with Crippen molar-refractivity contribution in [1.29, 1.82) is 0 Å². The Bertz CT molecular complexity index is 559. The van der Waals surface area contributed by atoms with Crippen LogP contribution in [0.25, 0.3) is 0 Å². The lowest BCUT2D eigenvalue weighted by Gasteiger charge is -2.18. The van der Waals surface area contributed by atoms with E-state index < -0.39 is 24.5 Å². The molecule has 0 saturated carbocycles. The number of thioether (sulfide) groups is 1. The van der Waals surface area contributed by atoms with Gasteiger partial charge in [-0.2, -0.15) is 24.4 Å². The molecule has 36 heavy (non-hydrogen) atoms. The molecule has 0 spiro atoms. The monoisotopic (exact) mass is 549 g/mol. The first kappa shape index (κ1) is 41.9. The predicted octanol–water partition coefficient (Wildman–Crippen LogP) is 4.89. The Kier molecular flexibility index (Phi) is 41.7. The number of rotatable bonds is 14. The van der Waals surface area contributed by atoms with Gasteiger partial charge in [-0.3, -0.25) is 9.59 Å². The van der Waals surface area contributed by atoms with Gasteiger partial charge in [-0.1, -0.05) is 91.6 Å². The number of unbranched alkanes of at least 4 members (excludes halogenated alkanes) is 1. The Morgan fingerprint density at radius 2 is 1.61 bits per heavy atom. The van der Waals surface area contributed by atoms with Crippen LogP contribution in [0.5, 0.6) is 0 Å². The topological polar surface area (TPSA) is 114 Å². The Balaban J connectivity index is -0.000000359. The zero-order valence-corrected chi connectivity index (χ0v) is 25.7. The molecule has 9 heteroatoms. The second-order valence-corrected chi connectivity index (χ2v) is 8.40. The number of carbonyl (C=O) groups is 2. The zero-order valence-electron chi connectivity index (χ0n) is 24.0. The molecule has 1 amide bonds. The van der Waals surface area contributed by atoms with Crippen molar-refractivity contribution in [2.24, 2.45) is 5.73 Å². The van der Waals surface area contributed by atoms with Crippen LogP contribution in [0, 0.1) is 0 Å². The van der Waals surface area contributed by atoms with Gasteiger partial charge >= 0.3 is 5.97 Å². The fraction of sp³-hybridized carbons (Fsp3) is 0.704. The maximum absolute atomic E-state index is 12.1. The highest BCUT2D eigenvalue weighted by Gasteiger charge is 2.20. The van der Waals surface area contributed by atoms with Gasteiger partial charge in [0.15, 0.2) is 0 Å². The molecule has 0 aliphatic heterocycles. The molecular formula is C27H55N3O4S2. The summed E-state index contributed by atoms with van der Waals surface area (Å²) in [6.07, 6.45) is 4.37. The molecule has 0 aromatic heterocycles. The molecule has 0 fully saturated rings. The van der Waals surface area contributed by atoms with E-state index in [4.69, 9.17) is 15.6 Å². The van der Waals surface area contributed by atoms with E-state index in [9.17, 15) is 9.59 Å². The number of amides is 1. The van der Waals surface area contributed by atoms with Gasteiger partial charge < -0.3 is 26.2 Å². The Morgan fingerprint density at radius 1 is 1.08 bits per heavy atom. The van der Waals surface area contributed by atoms with Gasteiger partial charge in [0, 0.05) is 31.3 Å². The maximum atomic E-state index is 12.1. The van der Waals surface area contributed by atoms with Gasteiger partial charge in [0.2, 0.25) is 5.91 Å². The quantitative estimate of drug-likeness (QED) is 0.166. The van der Waals surface area contributed by atoms with E-state index in [2.05, 4.69) is 50.3 Å². The highest BCUT2D eigenvalue weighted by Crippen LogP contribution is 2.06. The SMILES string of the molecule is CC.CC.CCCC.CCSC.NC(CS)CNCCOC(Cc1ccccc1)C(=O)NCC(=O)O. The molecule has 2 unspecified atom stereocenters. The molecule has 0 aliphatic rings. The number of hydrogen-bond donors (Lipinski definition) is 5. The smallest absolute Gasteiger partial charge is 0.322 e. The number of carboxylic acid groups (broad SMARTS) is 1. The molecule has 1 rings (SSSR count). The van der Waals surface area contributed by atoms with E-state index in [1.54, 1.807) is 0 Å². The summed E-state index contributed by atoms with van der Waals surface area (Å²) in [5, 5.41) is 14.1. The fourth-order valence-corrected chi connectivity index (χ4v) is 2.09. The number of nitrogens with one attached hydrogen (secondary N) is 2. The summed E-state index contributed by atoms with van der Waals surface area (Å²) in [5.74, 6) is 0.291. The largest absolute Gasteiger partial charge is 0.480 e. The zero-order chi connectivity index (χ0) is 28.6. The maximum Gasteiger partial charge on any atom is 0.322 e. The number of nitrogens with two attached hydrogens (primary N) is 1. The first-order chi connectivity index (χ1) is 17.4. The second kappa shape index (κ2) is 35.9. The fourth-order valence-electron chi connectivity index (χ4n) is 1.96. The molecule has 214 valence electrons. The Hall–Kier alpha value is -1.26. The Morgan fingerprint density at radius 3 is 2.03 bits per heavy atom. The molecule has 1 aromatic rings. The van der Waals surface area contributed by atoms with E-state index in [-0.39, 0.29) is 6.04 Å². The van der Waals surface area contributed by atoms with Crippen molar-refractivity contribution in [3.05, 3.63) is 35.9 Å². The summed E-state index contributed by atoms with van der Waals surface area (Å²) < 4.78 is 5.63. The lowest BCUT2D eigenvalue weighted by Crippen LogP contribution is -2.42. The van der Waals surface area contributed by atoms with Crippen LogP contribution in [-0.4, -0.2) is 73.1 Å². The number of ether oxygens (including phenoxy) is 1. The number of thiol groups is 1.